The molecule has 2 aromatic rings. The van der Waals surface area contributed by atoms with Crippen molar-refractivity contribution in [3.63, 3.8) is 0 Å². The van der Waals surface area contributed by atoms with Gasteiger partial charge in [-0.3, -0.25) is 4.79 Å². The van der Waals surface area contributed by atoms with Crippen LogP contribution in [0.5, 0.6) is 5.75 Å². The van der Waals surface area contributed by atoms with Crippen LogP contribution in [-0.4, -0.2) is 27.0 Å². The normalized spacial score (nSPS) is 13.0. The van der Waals surface area contributed by atoms with Gasteiger partial charge in [0, 0.05) is 11.7 Å². The van der Waals surface area contributed by atoms with E-state index >= 15 is 0 Å². The maximum atomic E-state index is 12.3. The van der Waals surface area contributed by atoms with Gasteiger partial charge in [-0.2, -0.15) is 0 Å². The Morgan fingerprint density at radius 1 is 1.03 bits per heavy atom. The van der Waals surface area contributed by atoms with Gasteiger partial charge in [0.2, 0.25) is 10.0 Å². The molecule has 0 aliphatic rings. The summed E-state index contributed by atoms with van der Waals surface area (Å²) in [6, 6.07) is 13.6. The summed E-state index contributed by atoms with van der Waals surface area (Å²) in [6.07, 6.45) is 0.701. The highest BCUT2D eigenvalue weighted by Gasteiger charge is 2.16. The molecule has 2 rings (SSSR count). The van der Waals surface area contributed by atoms with Gasteiger partial charge in [0.05, 0.1) is 4.90 Å². The molecule has 1 atom stereocenters. The van der Waals surface area contributed by atoms with Crippen LogP contribution in [0.25, 0.3) is 0 Å². The average Bonchev–Trinajstić information content (AvgIpc) is 2.66. The summed E-state index contributed by atoms with van der Waals surface area (Å²) in [4.78, 5) is 12.3. The second-order valence-electron chi connectivity index (χ2n) is 8.07. The Morgan fingerprint density at radius 2 is 1.62 bits per heavy atom. The lowest BCUT2D eigenvalue weighted by Crippen LogP contribution is -2.31. The zero-order chi connectivity index (χ0) is 21.7. The van der Waals surface area contributed by atoms with E-state index in [1.807, 2.05) is 38.1 Å². The first-order chi connectivity index (χ1) is 13.5. The number of rotatable bonds is 8. The lowest BCUT2D eigenvalue weighted by atomic mass is 9.87. The predicted molar refractivity (Wildman–Crippen MR) is 116 cm³/mol. The molecule has 0 heterocycles. The summed E-state index contributed by atoms with van der Waals surface area (Å²) in [6.45, 7) is 9.98. The molecule has 0 saturated carbocycles. The van der Waals surface area contributed by atoms with Crippen molar-refractivity contribution in [2.45, 2.75) is 57.4 Å². The van der Waals surface area contributed by atoms with Gasteiger partial charge in [0.25, 0.3) is 5.91 Å². The number of amides is 1. The summed E-state index contributed by atoms with van der Waals surface area (Å²) in [5.41, 5.74) is 1.75. The molecule has 1 amide bonds. The monoisotopic (exact) mass is 418 g/mol. The van der Waals surface area contributed by atoms with E-state index in [4.69, 9.17) is 4.74 Å². The molecular formula is C22H30N2O4S. The number of carbonyl (C=O) groups excluding carboxylic acids is 1. The third kappa shape index (κ3) is 6.87. The summed E-state index contributed by atoms with van der Waals surface area (Å²) in [5, 5.41) is 2.70. The molecule has 6 nitrogen and oxygen atoms in total. The molecule has 0 aliphatic carbocycles. The molecule has 0 radical (unpaired) electrons. The Balaban J connectivity index is 1.91. The fourth-order valence-electron chi connectivity index (χ4n) is 2.53. The van der Waals surface area contributed by atoms with Crippen molar-refractivity contribution in [1.29, 1.82) is 0 Å². The van der Waals surface area contributed by atoms with Crippen molar-refractivity contribution < 1.29 is 17.9 Å². The molecule has 7 heteroatoms. The van der Waals surface area contributed by atoms with E-state index in [1.165, 1.54) is 17.7 Å². The Morgan fingerprint density at radius 3 is 2.14 bits per heavy atom. The highest BCUT2D eigenvalue weighted by molar-refractivity contribution is 7.89. The smallest absolute Gasteiger partial charge is 0.262 e. The van der Waals surface area contributed by atoms with E-state index in [2.05, 4.69) is 30.8 Å². The minimum atomic E-state index is -3.56. The molecule has 0 spiro atoms. The zero-order valence-electron chi connectivity index (χ0n) is 17.7. The lowest BCUT2D eigenvalue weighted by molar-refractivity contribution is -0.118. The molecule has 0 bridgehead atoms. The molecule has 0 aliphatic heterocycles. The summed E-state index contributed by atoms with van der Waals surface area (Å²) < 4.78 is 32.6. The molecule has 1 unspecified atom stereocenters. The highest BCUT2D eigenvalue weighted by Crippen LogP contribution is 2.24. The summed E-state index contributed by atoms with van der Waals surface area (Å²) in [7, 11) is -3.56. The minimum absolute atomic E-state index is 0.0552. The van der Waals surface area contributed by atoms with Gasteiger partial charge in [-0.05, 0) is 60.7 Å². The molecule has 0 aromatic heterocycles. The molecule has 0 fully saturated rings. The second-order valence-corrected chi connectivity index (χ2v) is 9.78. The SMILES string of the molecule is CCC(C)NS(=O)(=O)c1ccc(NC(=O)COc2ccc(C(C)(C)C)cc2)cc1. The van der Waals surface area contributed by atoms with Crippen LogP contribution < -0.4 is 14.8 Å². The zero-order valence-corrected chi connectivity index (χ0v) is 18.5. The van der Waals surface area contributed by atoms with Gasteiger partial charge in [-0.25, -0.2) is 13.1 Å². The van der Waals surface area contributed by atoms with E-state index in [1.54, 1.807) is 12.1 Å². The first-order valence-corrected chi connectivity index (χ1v) is 11.1. The van der Waals surface area contributed by atoms with Crippen molar-refractivity contribution in [3.05, 3.63) is 54.1 Å². The minimum Gasteiger partial charge on any atom is -0.484 e. The third-order valence-electron chi connectivity index (χ3n) is 4.51. The van der Waals surface area contributed by atoms with Crippen LogP contribution in [0.3, 0.4) is 0 Å². The van der Waals surface area contributed by atoms with Crippen LogP contribution >= 0.6 is 0 Å². The van der Waals surface area contributed by atoms with Crippen molar-refractivity contribution in [3.8, 4) is 5.75 Å². The Hall–Kier alpha value is -2.38. The Bertz CT molecular complexity index is 915. The number of benzene rings is 2. The van der Waals surface area contributed by atoms with E-state index in [0.717, 1.165) is 0 Å². The van der Waals surface area contributed by atoms with Crippen molar-refractivity contribution in [1.82, 2.24) is 4.72 Å². The molecule has 0 saturated heterocycles. The topological polar surface area (TPSA) is 84.5 Å². The van der Waals surface area contributed by atoms with Crippen LogP contribution in [0.4, 0.5) is 5.69 Å². The molecule has 29 heavy (non-hydrogen) atoms. The maximum Gasteiger partial charge on any atom is 0.262 e. The van der Waals surface area contributed by atoms with Crippen LogP contribution in [0.2, 0.25) is 0 Å². The van der Waals surface area contributed by atoms with Gasteiger partial charge in [-0.1, -0.05) is 39.8 Å². The number of hydrogen-bond acceptors (Lipinski definition) is 4. The van der Waals surface area contributed by atoms with E-state index in [0.29, 0.717) is 17.9 Å². The molecule has 158 valence electrons. The maximum absolute atomic E-state index is 12.3. The Kier molecular flexibility index (Phi) is 7.43. The number of carbonyl (C=O) groups is 1. The number of hydrogen-bond donors (Lipinski definition) is 2. The predicted octanol–water partition coefficient (Wildman–Crippen LogP) is 4.08. The van der Waals surface area contributed by atoms with Crippen LogP contribution in [0.15, 0.2) is 53.4 Å². The van der Waals surface area contributed by atoms with E-state index < -0.39 is 10.0 Å². The molecular weight excluding hydrogens is 388 g/mol. The second kappa shape index (κ2) is 9.41. The molecule has 2 N–H and O–H groups in total. The average molecular weight is 419 g/mol. The lowest BCUT2D eigenvalue weighted by Gasteiger charge is -2.19. The van der Waals surface area contributed by atoms with Crippen LogP contribution in [-0.2, 0) is 20.2 Å². The largest absolute Gasteiger partial charge is 0.484 e. The summed E-state index contributed by atoms with van der Waals surface area (Å²) >= 11 is 0. The van der Waals surface area contributed by atoms with Gasteiger partial charge < -0.3 is 10.1 Å². The first kappa shape index (κ1) is 22.9. The number of nitrogens with one attached hydrogen (secondary N) is 2. The summed E-state index contributed by atoms with van der Waals surface area (Å²) in [5.74, 6) is 0.295. The quantitative estimate of drug-likeness (QED) is 0.677. The van der Waals surface area contributed by atoms with Gasteiger partial charge >= 0.3 is 0 Å². The third-order valence-corrected chi connectivity index (χ3v) is 6.11. The molecule has 2 aromatic carbocycles. The standard InChI is InChI=1S/C22H30N2O4S/c1-6-16(2)24-29(26,27)20-13-9-18(10-14-20)23-21(25)15-28-19-11-7-17(8-12-19)22(3,4)5/h7-14,16,24H,6,15H2,1-5H3,(H,23,25). The number of sulfonamides is 1. The van der Waals surface area contributed by atoms with Crippen molar-refractivity contribution in [2.24, 2.45) is 0 Å². The van der Waals surface area contributed by atoms with Crippen molar-refractivity contribution in [2.75, 3.05) is 11.9 Å². The number of ether oxygens (including phenoxy) is 1. The van der Waals surface area contributed by atoms with Crippen molar-refractivity contribution >= 4 is 21.6 Å². The Labute approximate surface area is 173 Å². The first-order valence-electron chi connectivity index (χ1n) is 9.67. The van der Waals surface area contributed by atoms with Gasteiger partial charge in [0.15, 0.2) is 6.61 Å². The highest BCUT2D eigenvalue weighted by atomic mass is 32.2. The van der Waals surface area contributed by atoms with Gasteiger partial charge in [-0.15, -0.1) is 0 Å². The van der Waals surface area contributed by atoms with Gasteiger partial charge in [0.1, 0.15) is 5.75 Å². The number of anilines is 1. The van der Waals surface area contributed by atoms with E-state index in [9.17, 15) is 13.2 Å². The fraction of sp³-hybridized carbons (Fsp3) is 0.409. The van der Waals surface area contributed by atoms with E-state index in [-0.39, 0.29) is 28.9 Å². The van der Waals surface area contributed by atoms with Crippen LogP contribution in [0, 0.1) is 0 Å². The fourth-order valence-corrected chi connectivity index (χ4v) is 3.86. The van der Waals surface area contributed by atoms with Crippen LogP contribution in [0.1, 0.15) is 46.6 Å².